The lowest BCUT2D eigenvalue weighted by Gasteiger charge is -2.32. The predicted molar refractivity (Wildman–Crippen MR) is 88.6 cm³/mol. The molecule has 0 radical (unpaired) electrons. The Morgan fingerprint density at radius 3 is 2.65 bits per heavy atom. The molecule has 1 aromatic carbocycles. The summed E-state index contributed by atoms with van der Waals surface area (Å²) in [5.74, 6) is 0.776. The number of hydrogen-bond acceptors (Lipinski definition) is 3. The number of rotatable bonds is 3. The molecule has 122 valence electrons. The van der Waals surface area contributed by atoms with Gasteiger partial charge >= 0.3 is 0 Å². The molecule has 0 saturated carbocycles. The van der Waals surface area contributed by atoms with Crippen LogP contribution in [-0.2, 0) is 0 Å². The van der Waals surface area contributed by atoms with Crippen molar-refractivity contribution in [3.63, 3.8) is 0 Å². The third-order valence-electron chi connectivity index (χ3n) is 4.50. The Labute approximate surface area is 136 Å². The van der Waals surface area contributed by atoms with E-state index in [1.54, 1.807) is 12.3 Å². The minimum atomic E-state index is 0.0614. The van der Waals surface area contributed by atoms with Gasteiger partial charge in [-0.1, -0.05) is 12.1 Å². The van der Waals surface area contributed by atoms with Gasteiger partial charge < -0.3 is 10.0 Å². The van der Waals surface area contributed by atoms with Crippen LogP contribution in [0.1, 0.15) is 54.6 Å². The first-order valence-electron chi connectivity index (χ1n) is 8.17. The average molecular weight is 313 g/mol. The molecule has 0 atom stereocenters. The van der Waals surface area contributed by atoms with Crippen molar-refractivity contribution in [2.45, 2.75) is 38.6 Å². The number of aromatic nitrogens is 2. The summed E-state index contributed by atoms with van der Waals surface area (Å²) in [5, 5.41) is 13.9. The summed E-state index contributed by atoms with van der Waals surface area (Å²) >= 11 is 0. The number of carbonyl (C=O) groups excluding carboxylic acids is 1. The zero-order valence-corrected chi connectivity index (χ0v) is 13.6. The fourth-order valence-corrected chi connectivity index (χ4v) is 3.11. The molecule has 1 N–H and O–H groups in total. The van der Waals surface area contributed by atoms with Gasteiger partial charge in [0.15, 0.2) is 0 Å². The first kappa shape index (κ1) is 15.6. The maximum Gasteiger partial charge on any atom is 0.257 e. The van der Waals surface area contributed by atoms with Gasteiger partial charge in [-0.05, 0) is 50.3 Å². The molecule has 0 unspecified atom stereocenters. The van der Waals surface area contributed by atoms with Crippen LogP contribution >= 0.6 is 0 Å². The fraction of sp³-hybridized carbons (Fsp3) is 0.444. The van der Waals surface area contributed by atoms with Crippen molar-refractivity contribution in [1.29, 1.82) is 0 Å². The summed E-state index contributed by atoms with van der Waals surface area (Å²) in [6.45, 7) is 5.57. The van der Waals surface area contributed by atoms with E-state index in [0.717, 1.165) is 31.5 Å². The lowest BCUT2D eigenvalue weighted by atomic mass is 9.89. The molecular formula is C18H23N3O2. The molecule has 23 heavy (non-hydrogen) atoms. The van der Waals surface area contributed by atoms with E-state index in [1.165, 1.54) is 0 Å². The van der Waals surface area contributed by atoms with Crippen molar-refractivity contribution in [2.75, 3.05) is 13.1 Å². The molecule has 0 aliphatic carbocycles. The van der Waals surface area contributed by atoms with Crippen LogP contribution < -0.4 is 0 Å². The summed E-state index contributed by atoms with van der Waals surface area (Å²) in [5.41, 5.74) is 1.82. The lowest BCUT2D eigenvalue weighted by Crippen LogP contribution is -2.37. The Morgan fingerprint density at radius 1 is 1.30 bits per heavy atom. The summed E-state index contributed by atoms with van der Waals surface area (Å²) in [6, 6.07) is 7.70. The molecule has 5 nitrogen and oxygen atoms in total. The van der Waals surface area contributed by atoms with Gasteiger partial charge in [0.25, 0.3) is 5.91 Å². The summed E-state index contributed by atoms with van der Waals surface area (Å²) < 4.78 is 1.81. The van der Waals surface area contributed by atoms with E-state index in [-0.39, 0.29) is 11.9 Å². The molecular weight excluding hydrogens is 290 g/mol. The van der Waals surface area contributed by atoms with Gasteiger partial charge in [0.2, 0.25) is 0 Å². The third kappa shape index (κ3) is 3.38. The lowest BCUT2D eigenvalue weighted by molar-refractivity contribution is 0.0713. The number of nitrogens with zero attached hydrogens (tertiary/aromatic N) is 3. The zero-order chi connectivity index (χ0) is 16.4. The van der Waals surface area contributed by atoms with Gasteiger partial charge in [0.1, 0.15) is 5.75 Å². The topological polar surface area (TPSA) is 58.4 Å². The van der Waals surface area contributed by atoms with E-state index in [1.807, 2.05) is 41.8 Å². The number of amides is 1. The van der Waals surface area contributed by atoms with E-state index in [4.69, 9.17) is 0 Å². The monoisotopic (exact) mass is 313 g/mol. The second-order valence-corrected chi connectivity index (χ2v) is 6.46. The first-order chi connectivity index (χ1) is 11.0. The molecule has 1 aromatic heterocycles. The van der Waals surface area contributed by atoms with Crippen LogP contribution in [0, 0.1) is 0 Å². The number of hydrogen-bond donors (Lipinski definition) is 1. The predicted octanol–water partition coefficient (Wildman–Crippen LogP) is 3.19. The minimum Gasteiger partial charge on any atom is -0.508 e. The average Bonchev–Trinajstić information content (AvgIpc) is 3.04. The smallest absolute Gasteiger partial charge is 0.257 e. The SMILES string of the molecule is CC(C)n1cc(C(=O)N2CCC(c3cccc(O)c3)CC2)cn1. The molecule has 1 saturated heterocycles. The number of phenolic OH excluding ortho intramolecular Hbond substituents is 1. The fourth-order valence-electron chi connectivity index (χ4n) is 3.11. The van der Waals surface area contributed by atoms with E-state index in [9.17, 15) is 9.90 Å². The highest BCUT2D eigenvalue weighted by Gasteiger charge is 2.25. The normalized spacial score (nSPS) is 16.0. The van der Waals surface area contributed by atoms with Crippen molar-refractivity contribution in [1.82, 2.24) is 14.7 Å². The van der Waals surface area contributed by atoms with Gasteiger partial charge in [0, 0.05) is 25.3 Å². The molecule has 2 heterocycles. The number of aromatic hydroxyl groups is 1. The van der Waals surface area contributed by atoms with Gasteiger partial charge in [0.05, 0.1) is 11.8 Å². The number of likely N-dealkylation sites (tertiary alicyclic amines) is 1. The first-order valence-corrected chi connectivity index (χ1v) is 8.17. The Kier molecular flexibility index (Phi) is 4.37. The van der Waals surface area contributed by atoms with E-state index in [2.05, 4.69) is 11.2 Å². The van der Waals surface area contributed by atoms with Crippen LogP contribution in [0.25, 0.3) is 0 Å². The Hall–Kier alpha value is -2.30. The van der Waals surface area contributed by atoms with Crippen LogP contribution in [0.4, 0.5) is 0 Å². The second-order valence-electron chi connectivity index (χ2n) is 6.46. The molecule has 3 rings (SSSR count). The maximum atomic E-state index is 12.6. The maximum absolute atomic E-state index is 12.6. The van der Waals surface area contributed by atoms with Crippen molar-refractivity contribution in [3.8, 4) is 5.75 Å². The molecule has 0 bridgehead atoms. The van der Waals surface area contributed by atoms with Gasteiger partial charge in [-0.3, -0.25) is 9.48 Å². The Bertz CT molecular complexity index is 685. The quantitative estimate of drug-likeness (QED) is 0.946. The van der Waals surface area contributed by atoms with Crippen molar-refractivity contribution in [3.05, 3.63) is 47.8 Å². The zero-order valence-electron chi connectivity index (χ0n) is 13.6. The molecule has 1 fully saturated rings. The number of piperidine rings is 1. The molecule has 0 spiro atoms. The van der Waals surface area contributed by atoms with E-state index >= 15 is 0 Å². The highest BCUT2D eigenvalue weighted by Crippen LogP contribution is 2.30. The van der Waals surface area contributed by atoms with Crippen LogP contribution in [0.3, 0.4) is 0 Å². The van der Waals surface area contributed by atoms with E-state index < -0.39 is 0 Å². The van der Waals surface area contributed by atoms with Gasteiger partial charge in [-0.25, -0.2) is 0 Å². The standard InChI is InChI=1S/C18H23N3O2/c1-13(2)21-12-16(11-19-21)18(23)20-8-6-14(7-9-20)15-4-3-5-17(22)10-15/h3-5,10-14,22H,6-9H2,1-2H3. The molecule has 1 amide bonds. The largest absolute Gasteiger partial charge is 0.508 e. The van der Waals surface area contributed by atoms with E-state index in [0.29, 0.717) is 17.2 Å². The van der Waals surface area contributed by atoms with Crippen LogP contribution in [0.5, 0.6) is 5.75 Å². The Morgan fingerprint density at radius 2 is 2.04 bits per heavy atom. The molecule has 5 heteroatoms. The van der Waals surface area contributed by atoms with Crippen molar-refractivity contribution in [2.24, 2.45) is 0 Å². The molecule has 1 aliphatic heterocycles. The molecule has 2 aromatic rings. The summed E-state index contributed by atoms with van der Waals surface area (Å²) in [7, 11) is 0. The minimum absolute atomic E-state index is 0.0614. The van der Waals surface area contributed by atoms with Gasteiger partial charge in [-0.15, -0.1) is 0 Å². The summed E-state index contributed by atoms with van der Waals surface area (Å²) in [6.07, 6.45) is 5.33. The highest BCUT2D eigenvalue weighted by molar-refractivity contribution is 5.93. The third-order valence-corrected chi connectivity index (χ3v) is 4.50. The number of carbonyl (C=O) groups is 1. The van der Waals surface area contributed by atoms with Crippen molar-refractivity contribution < 1.29 is 9.90 Å². The molecule has 1 aliphatic rings. The Balaban J connectivity index is 1.63. The highest BCUT2D eigenvalue weighted by atomic mass is 16.3. The van der Waals surface area contributed by atoms with Crippen LogP contribution in [-0.4, -0.2) is 38.8 Å². The number of phenols is 1. The summed E-state index contributed by atoms with van der Waals surface area (Å²) in [4.78, 5) is 14.5. The van der Waals surface area contributed by atoms with Crippen LogP contribution in [0.2, 0.25) is 0 Å². The van der Waals surface area contributed by atoms with Gasteiger partial charge in [-0.2, -0.15) is 5.10 Å². The van der Waals surface area contributed by atoms with Crippen molar-refractivity contribution >= 4 is 5.91 Å². The number of benzene rings is 1. The second kappa shape index (κ2) is 6.44. The van der Waals surface area contributed by atoms with Crippen LogP contribution in [0.15, 0.2) is 36.7 Å².